The Morgan fingerprint density at radius 3 is 2.23 bits per heavy atom. The van der Waals surface area contributed by atoms with E-state index in [1.54, 1.807) is 25.3 Å². The van der Waals surface area contributed by atoms with Crippen LogP contribution >= 0.6 is 11.6 Å². The molecule has 214 valence electrons. The molecule has 0 aliphatic heterocycles. The van der Waals surface area contributed by atoms with Gasteiger partial charge < -0.3 is 15.0 Å². The van der Waals surface area contributed by atoms with Crippen LogP contribution in [-0.4, -0.2) is 62.7 Å². The minimum absolute atomic E-state index is 0.0158. The van der Waals surface area contributed by atoms with Crippen LogP contribution in [0.15, 0.2) is 83.8 Å². The number of amides is 2. The number of methoxy groups -OCH3 is 1. The third kappa shape index (κ3) is 8.55. The van der Waals surface area contributed by atoms with Gasteiger partial charge in [-0.15, -0.1) is 0 Å². The number of sulfonamides is 1. The van der Waals surface area contributed by atoms with Crippen molar-refractivity contribution in [3.8, 4) is 5.75 Å². The van der Waals surface area contributed by atoms with Crippen LogP contribution in [0.4, 0.5) is 0 Å². The zero-order chi connectivity index (χ0) is 29.3. The van der Waals surface area contributed by atoms with Crippen molar-refractivity contribution in [3.63, 3.8) is 0 Å². The number of carbonyl (C=O) groups is 2. The topological polar surface area (TPSA) is 96.0 Å². The Hall–Kier alpha value is -3.40. The molecule has 0 heterocycles. The van der Waals surface area contributed by atoms with Gasteiger partial charge in [-0.25, -0.2) is 8.42 Å². The molecule has 0 aliphatic carbocycles. The summed E-state index contributed by atoms with van der Waals surface area (Å²) in [6, 6.07) is 21.5. The number of likely N-dealkylation sites (N-methyl/N-ethyl adjacent to an activating group) is 1. The van der Waals surface area contributed by atoms with Gasteiger partial charge in [0.2, 0.25) is 21.8 Å². The summed E-state index contributed by atoms with van der Waals surface area (Å²) >= 11 is 5.93. The van der Waals surface area contributed by atoms with E-state index in [4.69, 9.17) is 16.3 Å². The van der Waals surface area contributed by atoms with E-state index >= 15 is 0 Å². The molecule has 0 aliphatic rings. The summed E-state index contributed by atoms with van der Waals surface area (Å²) in [6.45, 7) is 4.04. The predicted molar refractivity (Wildman–Crippen MR) is 157 cm³/mol. The second-order valence-corrected chi connectivity index (χ2v) is 12.4. The number of nitrogens with one attached hydrogen (secondary N) is 1. The number of nitrogens with zero attached hydrogens (tertiary/aromatic N) is 2. The maximum atomic E-state index is 13.9. The number of benzene rings is 3. The summed E-state index contributed by atoms with van der Waals surface area (Å²) in [7, 11) is -1.09. The Morgan fingerprint density at radius 2 is 1.60 bits per heavy atom. The van der Waals surface area contributed by atoms with Gasteiger partial charge >= 0.3 is 0 Å². The monoisotopic (exact) mass is 585 g/mol. The highest BCUT2D eigenvalue weighted by molar-refractivity contribution is 7.89. The molecule has 1 atom stereocenters. The van der Waals surface area contributed by atoms with Gasteiger partial charge in [-0.2, -0.15) is 4.31 Å². The average molecular weight is 586 g/mol. The Labute approximate surface area is 241 Å². The first-order chi connectivity index (χ1) is 19.0. The molecule has 3 aromatic carbocycles. The van der Waals surface area contributed by atoms with E-state index in [1.165, 1.54) is 36.2 Å². The third-order valence-electron chi connectivity index (χ3n) is 6.32. The lowest BCUT2D eigenvalue weighted by Crippen LogP contribution is -2.53. The number of halogens is 1. The van der Waals surface area contributed by atoms with Crippen molar-refractivity contribution in [2.24, 2.45) is 5.92 Å². The number of hydrogen-bond acceptors (Lipinski definition) is 5. The van der Waals surface area contributed by atoms with Crippen LogP contribution in [0, 0.1) is 5.92 Å². The largest absolute Gasteiger partial charge is 0.497 e. The molecule has 8 nitrogen and oxygen atoms in total. The molecular weight excluding hydrogens is 550 g/mol. The van der Waals surface area contributed by atoms with Gasteiger partial charge in [0.15, 0.2) is 0 Å². The second-order valence-electron chi connectivity index (χ2n) is 9.93. The van der Waals surface area contributed by atoms with Gasteiger partial charge in [0, 0.05) is 31.6 Å². The van der Waals surface area contributed by atoms with E-state index in [0.717, 1.165) is 15.4 Å². The van der Waals surface area contributed by atoms with Crippen LogP contribution in [-0.2, 0) is 32.6 Å². The Kier molecular flexibility index (Phi) is 11.1. The molecule has 0 aromatic heterocycles. The Balaban J connectivity index is 1.98. The van der Waals surface area contributed by atoms with Crippen molar-refractivity contribution in [1.29, 1.82) is 0 Å². The van der Waals surface area contributed by atoms with Gasteiger partial charge in [-0.05, 0) is 53.4 Å². The molecule has 10 heteroatoms. The summed E-state index contributed by atoms with van der Waals surface area (Å²) in [6.07, 6.45) is 0.258. The number of rotatable bonds is 13. The Bertz CT molecular complexity index is 1380. The lowest BCUT2D eigenvalue weighted by atomic mass is 10.0. The molecule has 2 amide bonds. The lowest BCUT2D eigenvalue weighted by molar-refractivity contribution is -0.141. The molecule has 0 bridgehead atoms. The molecule has 0 fully saturated rings. The summed E-state index contributed by atoms with van der Waals surface area (Å²) in [5.41, 5.74) is 1.61. The molecule has 0 radical (unpaired) electrons. The highest BCUT2D eigenvalue weighted by Crippen LogP contribution is 2.21. The quantitative estimate of drug-likeness (QED) is 0.321. The number of carbonyl (C=O) groups excluding carboxylic acids is 2. The molecule has 40 heavy (non-hydrogen) atoms. The fourth-order valence-electron chi connectivity index (χ4n) is 4.10. The van der Waals surface area contributed by atoms with E-state index in [-0.39, 0.29) is 29.7 Å². The van der Waals surface area contributed by atoms with Crippen molar-refractivity contribution in [2.45, 2.75) is 37.8 Å². The fourth-order valence-corrected chi connectivity index (χ4v) is 5.34. The van der Waals surface area contributed by atoms with E-state index < -0.39 is 28.5 Å². The van der Waals surface area contributed by atoms with Crippen LogP contribution in [0.5, 0.6) is 5.75 Å². The van der Waals surface area contributed by atoms with Crippen LogP contribution in [0.3, 0.4) is 0 Å². The lowest BCUT2D eigenvalue weighted by Gasteiger charge is -2.33. The minimum atomic E-state index is -3.99. The highest BCUT2D eigenvalue weighted by Gasteiger charge is 2.33. The summed E-state index contributed by atoms with van der Waals surface area (Å²) in [5, 5.41) is 3.36. The SMILES string of the molecule is COc1cccc(CN(C(=O)CN(C)S(=O)(=O)c2ccc(Cl)cc2)[C@@H](Cc2ccccc2)C(=O)NCC(C)C)c1. The Morgan fingerprint density at radius 1 is 0.950 bits per heavy atom. The van der Waals surface area contributed by atoms with E-state index in [2.05, 4.69) is 5.32 Å². The predicted octanol–water partition coefficient (Wildman–Crippen LogP) is 4.38. The summed E-state index contributed by atoms with van der Waals surface area (Å²) in [5.74, 6) is -0.00351. The minimum Gasteiger partial charge on any atom is -0.497 e. The highest BCUT2D eigenvalue weighted by atomic mass is 35.5. The molecular formula is C30H36ClN3O5S. The van der Waals surface area contributed by atoms with Gasteiger partial charge in [0.05, 0.1) is 18.6 Å². The van der Waals surface area contributed by atoms with E-state index in [9.17, 15) is 18.0 Å². The van der Waals surface area contributed by atoms with Gasteiger partial charge in [0.1, 0.15) is 11.8 Å². The van der Waals surface area contributed by atoms with Crippen molar-refractivity contribution >= 4 is 33.4 Å². The van der Waals surface area contributed by atoms with Gasteiger partial charge in [-0.3, -0.25) is 9.59 Å². The van der Waals surface area contributed by atoms with Crippen LogP contribution in [0.1, 0.15) is 25.0 Å². The fraction of sp³-hybridized carbons (Fsp3) is 0.333. The van der Waals surface area contributed by atoms with Crippen molar-refractivity contribution in [3.05, 3.63) is 95.0 Å². The summed E-state index contributed by atoms with van der Waals surface area (Å²) < 4.78 is 32.8. The first-order valence-corrected chi connectivity index (χ1v) is 14.8. The van der Waals surface area contributed by atoms with Crippen LogP contribution in [0.25, 0.3) is 0 Å². The van der Waals surface area contributed by atoms with Crippen molar-refractivity contribution < 1.29 is 22.7 Å². The first kappa shape index (κ1) is 31.1. The van der Waals surface area contributed by atoms with Crippen molar-refractivity contribution in [1.82, 2.24) is 14.5 Å². The van der Waals surface area contributed by atoms with Crippen molar-refractivity contribution in [2.75, 3.05) is 27.2 Å². The van der Waals surface area contributed by atoms with E-state index in [1.807, 2.05) is 50.2 Å². The second kappa shape index (κ2) is 14.3. The molecule has 0 saturated heterocycles. The first-order valence-electron chi connectivity index (χ1n) is 13.0. The van der Waals surface area contributed by atoms with Gasteiger partial charge in [0.25, 0.3) is 0 Å². The molecule has 0 unspecified atom stereocenters. The standard InChI is InChI=1S/C30H36ClN3O5S/c1-22(2)19-32-30(36)28(18-23-9-6-5-7-10-23)34(20-24-11-8-12-26(17-24)39-4)29(35)21-33(3)40(37,38)27-15-13-25(31)14-16-27/h5-17,22,28H,18-21H2,1-4H3,(H,32,36)/t28-/m0/s1. The number of hydrogen-bond donors (Lipinski definition) is 1. The maximum Gasteiger partial charge on any atom is 0.243 e. The molecule has 3 rings (SSSR count). The number of ether oxygens (including phenoxy) is 1. The molecule has 3 aromatic rings. The smallest absolute Gasteiger partial charge is 0.243 e. The average Bonchev–Trinajstić information content (AvgIpc) is 2.94. The molecule has 0 spiro atoms. The zero-order valence-corrected chi connectivity index (χ0v) is 24.8. The van der Waals surface area contributed by atoms with Gasteiger partial charge in [-0.1, -0.05) is 67.9 Å². The molecule has 0 saturated carbocycles. The zero-order valence-electron chi connectivity index (χ0n) is 23.2. The summed E-state index contributed by atoms with van der Waals surface area (Å²) in [4.78, 5) is 28.9. The maximum absolute atomic E-state index is 13.9. The van der Waals surface area contributed by atoms with Crippen LogP contribution in [0.2, 0.25) is 5.02 Å². The normalized spacial score (nSPS) is 12.3. The van der Waals surface area contributed by atoms with E-state index in [0.29, 0.717) is 17.3 Å². The third-order valence-corrected chi connectivity index (χ3v) is 8.39. The van der Waals surface area contributed by atoms with Crippen LogP contribution < -0.4 is 10.1 Å². The molecule has 1 N–H and O–H groups in total.